The molecule has 1 aromatic rings. The van der Waals surface area contributed by atoms with Gasteiger partial charge in [0.05, 0.1) is 0 Å². The van der Waals surface area contributed by atoms with Crippen LogP contribution in [0.2, 0.25) is 0 Å². The van der Waals surface area contributed by atoms with Crippen LogP contribution in [0.3, 0.4) is 0 Å². The summed E-state index contributed by atoms with van der Waals surface area (Å²) in [5, 5.41) is 2.89. The van der Waals surface area contributed by atoms with Gasteiger partial charge in [0.25, 0.3) is 5.91 Å². The van der Waals surface area contributed by atoms with Crippen LogP contribution in [0.1, 0.15) is 62.2 Å². The molecule has 2 aliphatic rings. The summed E-state index contributed by atoms with van der Waals surface area (Å²) in [4.78, 5) is 41.5. The van der Waals surface area contributed by atoms with Gasteiger partial charge in [0.15, 0.2) is 0 Å². The molecule has 1 N–H and O–H groups in total. The Labute approximate surface area is 173 Å². The van der Waals surface area contributed by atoms with E-state index >= 15 is 0 Å². The average molecular weight is 400 g/mol. The number of benzene rings is 1. The van der Waals surface area contributed by atoms with Crippen LogP contribution < -0.4 is 5.32 Å². The highest BCUT2D eigenvalue weighted by Crippen LogP contribution is 2.22. The van der Waals surface area contributed by atoms with Gasteiger partial charge in [-0.1, -0.05) is 31.0 Å². The predicted octanol–water partition coefficient (Wildman–Crippen LogP) is 2.84. The molecular formula is C23H33N3O3. The number of nitrogens with zero attached hydrogens (tertiary/aromatic N) is 2. The molecule has 3 rings (SSSR count). The maximum atomic E-state index is 12.8. The summed E-state index contributed by atoms with van der Waals surface area (Å²) in [5.74, 6) is 0.217. The molecule has 2 fully saturated rings. The monoisotopic (exact) mass is 399 g/mol. The van der Waals surface area contributed by atoms with Gasteiger partial charge >= 0.3 is 0 Å². The second-order valence-electron chi connectivity index (χ2n) is 8.34. The van der Waals surface area contributed by atoms with Gasteiger partial charge in [0, 0.05) is 50.1 Å². The molecule has 3 amide bonds. The van der Waals surface area contributed by atoms with Crippen LogP contribution >= 0.6 is 0 Å². The minimum atomic E-state index is -0.230. The maximum absolute atomic E-state index is 12.8. The fraction of sp³-hybridized carbons (Fsp3) is 0.609. The lowest BCUT2D eigenvalue weighted by Gasteiger charge is -2.34. The minimum absolute atomic E-state index is 0.0477. The number of nitrogens with one attached hydrogen (secondary N) is 1. The fourth-order valence-corrected chi connectivity index (χ4v) is 4.26. The van der Waals surface area contributed by atoms with Gasteiger partial charge in [0.1, 0.15) is 0 Å². The van der Waals surface area contributed by atoms with Gasteiger partial charge in [-0.25, -0.2) is 0 Å². The van der Waals surface area contributed by atoms with Gasteiger partial charge in [-0.15, -0.1) is 0 Å². The first kappa shape index (κ1) is 21.3. The van der Waals surface area contributed by atoms with E-state index in [2.05, 4.69) is 5.32 Å². The van der Waals surface area contributed by atoms with Crippen molar-refractivity contribution in [1.82, 2.24) is 15.1 Å². The minimum Gasteiger partial charge on any atom is -0.349 e. The summed E-state index contributed by atoms with van der Waals surface area (Å²) < 4.78 is 0. The number of piperidine rings is 1. The molecule has 2 aliphatic heterocycles. The number of carbonyl (C=O) groups excluding carboxylic acids is 3. The zero-order valence-corrected chi connectivity index (χ0v) is 17.4. The molecule has 0 aromatic heterocycles. The van der Waals surface area contributed by atoms with Crippen molar-refractivity contribution in [3.05, 3.63) is 35.9 Å². The van der Waals surface area contributed by atoms with Gasteiger partial charge in [-0.3, -0.25) is 14.4 Å². The normalized spacial score (nSPS) is 19.3. The number of amides is 3. The van der Waals surface area contributed by atoms with Crippen LogP contribution in [-0.2, 0) is 9.59 Å². The molecule has 6 heteroatoms. The zero-order chi connectivity index (χ0) is 20.6. The second-order valence-corrected chi connectivity index (χ2v) is 8.34. The van der Waals surface area contributed by atoms with E-state index in [1.165, 1.54) is 12.8 Å². The Balaban J connectivity index is 1.42. The Morgan fingerprint density at radius 3 is 2.17 bits per heavy atom. The largest absolute Gasteiger partial charge is 0.349 e. The van der Waals surface area contributed by atoms with Crippen LogP contribution in [0.15, 0.2) is 30.3 Å². The number of hydrogen-bond donors (Lipinski definition) is 1. The third kappa shape index (κ3) is 6.05. The van der Waals surface area contributed by atoms with Gasteiger partial charge < -0.3 is 15.1 Å². The van der Waals surface area contributed by atoms with Crippen molar-refractivity contribution in [2.24, 2.45) is 5.92 Å². The Morgan fingerprint density at radius 1 is 0.931 bits per heavy atom. The Bertz CT molecular complexity index is 691. The van der Waals surface area contributed by atoms with Crippen molar-refractivity contribution in [1.29, 1.82) is 0 Å². The summed E-state index contributed by atoms with van der Waals surface area (Å²) in [7, 11) is 0. The zero-order valence-electron chi connectivity index (χ0n) is 17.4. The lowest BCUT2D eigenvalue weighted by molar-refractivity contribution is -0.140. The third-order valence-electron chi connectivity index (χ3n) is 6.01. The molecular weight excluding hydrogens is 366 g/mol. The summed E-state index contributed by atoms with van der Waals surface area (Å²) in [6.07, 6.45) is 6.41. The molecule has 0 saturated carbocycles. The second kappa shape index (κ2) is 10.4. The number of likely N-dealkylation sites (tertiary alicyclic amines) is 2. The van der Waals surface area contributed by atoms with Crippen LogP contribution in [0.5, 0.6) is 0 Å². The molecule has 158 valence electrons. The average Bonchev–Trinajstić information content (AvgIpc) is 3.03. The first-order valence-electron chi connectivity index (χ1n) is 11.0. The topological polar surface area (TPSA) is 69.7 Å². The molecule has 0 spiro atoms. The first-order valence-corrected chi connectivity index (χ1v) is 11.0. The Morgan fingerprint density at radius 2 is 1.55 bits per heavy atom. The van der Waals surface area contributed by atoms with Crippen LogP contribution in [0.4, 0.5) is 0 Å². The summed E-state index contributed by atoms with van der Waals surface area (Å²) in [6, 6.07) is 8.80. The highest BCUT2D eigenvalue weighted by Gasteiger charge is 2.30. The standard InChI is InChI=1S/C23H33N3O3/c1-18(24-22(28)19-9-5-4-6-10-19)17-21(27)25-15-11-20(12-16-25)23(29)26-13-7-2-3-8-14-26/h4-6,9-10,18,20H,2-3,7-8,11-17H2,1H3,(H,24,28). The van der Waals surface area contributed by atoms with Crippen molar-refractivity contribution >= 4 is 17.7 Å². The Hall–Kier alpha value is -2.37. The van der Waals surface area contributed by atoms with Crippen molar-refractivity contribution < 1.29 is 14.4 Å². The van der Waals surface area contributed by atoms with Crippen molar-refractivity contribution in [2.45, 2.75) is 57.9 Å². The van der Waals surface area contributed by atoms with E-state index in [1.54, 1.807) is 12.1 Å². The quantitative estimate of drug-likeness (QED) is 0.828. The molecule has 1 aromatic carbocycles. The fourth-order valence-electron chi connectivity index (χ4n) is 4.26. The number of carbonyl (C=O) groups is 3. The maximum Gasteiger partial charge on any atom is 0.251 e. The van der Waals surface area contributed by atoms with E-state index in [0.29, 0.717) is 18.7 Å². The van der Waals surface area contributed by atoms with Gasteiger partial charge in [0.2, 0.25) is 11.8 Å². The molecule has 1 unspecified atom stereocenters. The highest BCUT2D eigenvalue weighted by molar-refractivity contribution is 5.94. The van der Waals surface area contributed by atoms with E-state index in [-0.39, 0.29) is 36.1 Å². The molecule has 6 nitrogen and oxygen atoms in total. The van der Waals surface area contributed by atoms with Crippen molar-refractivity contribution in [3.63, 3.8) is 0 Å². The Kier molecular flexibility index (Phi) is 7.67. The van der Waals surface area contributed by atoms with Crippen LogP contribution in [-0.4, -0.2) is 59.7 Å². The SMILES string of the molecule is CC(CC(=O)N1CCC(C(=O)N2CCCCCC2)CC1)NC(=O)c1ccccc1. The molecule has 29 heavy (non-hydrogen) atoms. The van der Waals surface area contributed by atoms with E-state index < -0.39 is 0 Å². The third-order valence-corrected chi connectivity index (χ3v) is 6.01. The van der Waals surface area contributed by atoms with Crippen molar-refractivity contribution in [2.75, 3.05) is 26.2 Å². The first-order chi connectivity index (χ1) is 14.0. The predicted molar refractivity (Wildman–Crippen MR) is 112 cm³/mol. The molecule has 0 bridgehead atoms. The highest BCUT2D eigenvalue weighted by atomic mass is 16.2. The van der Waals surface area contributed by atoms with E-state index in [1.807, 2.05) is 34.9 Å². The van der Waals surface area contributed by atoms with E-state index in [4.69, 9.17) is 0 Å². The van der Waals surface area contributed by atoms with E-state index in [9.17, 15) is 14.4 Å². The molecule has 0 radical (unpaired) electrons. The van der Waals surface area contributed by atoms with Crippen LogP contribution in [0.25, 0.3) is 0 Å². The summed E-state index contributed by atoms with van der Waals surface area (Å²) in [5.41, 5.74) is 0.597. The van der Waals surface area contributed by atoms with Gasteiger partial charge in [-0.05, 0) is 44.7 Å². The van der Waals surface area contributed by atoms with Crippen LogP contribution in [0, 0.1) is 5.92 Å². The number of hydrogen-bond acceptors (Lipinski definition) is 3. The lowest BCUT2D eigenvalue weighted by Crippen LogP contribution is -2.46. The van der Waals surface area contributed by atoms with E-state index in [0.717, 1.165) is 38.8 Å². The van der Waals surface area contributed by atoms with Gasteiger partial charge in [-0.2, -0.15) is 0 Å². The van der Waals surface area contributed by atoms with Crippen molar-refractivity contribution in [3.8, 4) is 0 Å². The molecule has 2 saturated heterocycles. The molecule has 1 atom stereocenters. The summed E-state index contributed by atoms with van der Waals surface area (Å²) >= 11 is 0. The lowest BCUT2D eigenvalue weighted by atomic mass is 9.94. The smallest absolute Gasteiger partial charge is 0.251 e. The number of rotatable bonds is 5. The summed E-state index contributed by atoms with van der Waals surface area (Å²) in [6.45, 7) is 4.88. The molecule has 0 aliphatic carbocycles. The molecule has 2 heterocycles.